The number of allylic oxidation sites excluding steroid dienone is 1. The first-order chi connectivity index (χ1) is 18.5. The number of piperidine rings is 1. The molecule has 200 valence electrons. The SMILES string of the molecule is C=C1CCC(N2Cc3cc(O[C@H]4CCCC[C@@H]4N4CC(Oc5ccccc5OC)C4)ccc3C2=O)C(=O)N1. The molecule has 1 aliphatic carbocycles. The van der Waals surface area contributed by atoms with Crippen LogP contribution in [0.25, 0.3) is 0 Å². The summed E-state index contributed by atoms with van der Waals surface area (Å²) in [5.41, 5.74) is 2.30. The minimum absolute atomic E-state index is 0.0866. The van der Waals surface area contributed by atoms with Crippen LogP contribution in [0, 0.1) is 0 Å². The van der Waals surface area contributed by atoms with Gasteiger partial charge >= 0.3 is 0 Å². The second-order valence-electron chi connectivity index (χ2n) is 10.8. The highest BCUT2D eigenvalue weighted by Crippen LogP contribution is 2.35. The molecule has 8 nitrogen and oxygen atoms in total. The number of para-hydroxylation sites is 2. The molecule has 0 spiro atoms. The van der Waals surface area contributed by atoms with Crippen molar-refractivity contribution in [1.82, 2.24) is 15.1 Å². The molecule has 2 saturated heterocycles. The monoisotopic (exact) mass is 517 g/mol. The number of ether oxygens (including phenoxy) is 3. The Balaban J connectivity index is 1.09. The van der Waals surface area contributed by atoms with E-state index in [1.165, 1.54) is 6.42 Å². The summed E-state index contributed by atoms with van der Waals surface area (Å²) < 4.78 is 18.2. The van der Waals surface area contributed by atoms with Crippen LogP contribution in [-0.4, -0.2) is 66.1 Å². The topological polar surface area (TPSA) is 80.3 Å². The molecule has 0 bridgehead atoms. The van der Waals surface area contributed by atoms with Gasteiger partial charge in [0.1, 0.15) is 24.0 Å². The molecule has 1 N–H and O–H groups in total. The summed E-state index contributed by atoms with van der Waals surface area (Å²) in [5, 5.41) is 2.80. The van der Waals surface area contributed by atoms with E-state index in [9.17, 15) is 9.59 Å². The largest absolute Gasteiger partial charge is 0.493 e. The van der Waals surface area contributed by atoms with Crippen molar-refractivity contribution < 1.29 is 23.8 Å². The van der Waals surface area contributed by atoms with Crippen molar-refractivity contribution in [2.45, 2.75) is 69.4 Å². The van der Waals surface area contributed by atoms with Gasteiger partial charge in [0.2, 0.25) is 5.91 Å². The lowest BCUT2D eigenvalue weighted by Gasteiger charge is -2.47. The van der Waals surface area contributed by atoms with Crippen LogP contribution in [0.2, 0.25) is 0 Å². The van der Waals surface area contributed by atoms with Gasteiger partial charge in [0.25, 0.3) is 5.91 Å². The molecule has 1 unspecified atom stereocenters. The fourth-order valence-electron chi connectivity index (χ4n) is 6.22. The molecule has 2 amide bonds. The lowest BCUT2D eigenvalue weighted by Crippen LogP contribution is -2.62. The Kier molecular flexibility index (Phi) is 6.74. The van der Waals surface area contributed by atoms with Gasteiger partial charge in [-0.25, -0.2) is 0 Å². The Bertz CT molecular complexity index is 1240. The number of methoxy groups -OCH3 is 1. The number of nitrogens with zero attached hydrogens (tertiary/aromatic N) is 2. The number of amides is 2. The molecule has 2 aromatic rings. The summed E-state index contributed by atoms with van der Waals surface area (Å²) >= 11 is 0. The highest BCUT2D eigenvalue weighted by molar-refractivity contribution is 6.01. The van der Waals surface area contributed by atoms with E-state index in [4.69, 9.17) is 14.2 Å². The van der Waals surface area contributed by atoms with Crippen molar-refractivity contribution in [3.8, 4) is 17.2 Å². The summed E-state index contributed by atoms with van der Waals surface area (Å²) in [5.74, 6) is 2.10. The Morgan fingerprint density at radius 3 is 2.55 bits per heavy atom. The standard InChI is InChI=1S/C30H35N3O5/c1-19-11-14-25(29(34)31-19)33-16-20-15-21(12-13-23(20)30(33)35)37-26-8-4-3-7-24(26)32-17-22(18-32)38-28-10-6-5-9-27(28)36-2/h5-6,9-10,12-13,15,22,24-26H,1,3-4,7-8,11,14,16-18H2,2H3,(H,31,34)/t24-,25?,26-/m0/s1. The highest BCUT2D eigenvalue weighted by atomic mass is 16.5. The average molecular weight is 518 g/mol. The van der Waals surface area contributed by atoms with Gasteiger partial charge in [0.05, 0.1) is 7.11 Å². The van der Waals surface area contributed by atoms with Gasteiger partial charge in [-0.05, 0) is 68.0 Å². The number of rotatable bonds is 7. The molecule has 3 fully saturated rings. The Hall–Kier alpha value is -3.52. The van der Waals surface area contributed by atoms with E-state index in [1.54, 1.807) is 12.0 Å². The number of likely N-dealkylation sites (tertiary alicyclic amines) is 1. The molecule has 3 atom stereocenters. The molecule has 8 heteroatoms. The summed E-state index contributed by atoms with van der Waals surface area (Å²) in [6.45, 7) is 6.01. The number of benzene rings is 2. The zero-order valence-corrected chi connectivity index (χ0v) is 21.9. The van der Waals surface area contributed by atoms with E-state index in [-0.39, 0.29) is 24.0 Å². The molecule has 6 rings (SSSR count). The lowest BCUT2D eigenvalue weighted by atomic mass is 9.89. The quantitative estimate of drug-likeness (QED) is 0.600. The minimum Gasteiger partial charge on any atom is -0.493 e. The van der Waals surface area contributed by atoms with E-state index in [2.05, 4.69) is 16.8 Å². The van der Waals surface area contributed by atoms with Crippen LogP contribution in [0.4, 0.5) is 0 Å². The van der Waals surface area contributed by atoms with Gasteiger partial charge in [-0.15, -0.1) is 0 Å². The van der Waals surface area contributed by atoms with Crippen molar-refractivity contribution in [3.05, 3.63) is 65.9 Å². The number of nitrogens with one attached hydrogen (secondary N) is 1. The van der Waals surface area contributed by atoms with Gasteiger partial charge in [-0.3, -0.25) is 14.5 Å². The predicted molar refractivity (Wildman–Crippen MR) is 142 cm³/mol. The second kappa shape index (κ2) is 10.3. The Morgan fingerprint density at radius 2 is 1.76 bits per heavy atom. The molecule has 0 aromatic heterocycles. The summed E-state index contributed by atoms with van der Waals surface area (Å²) in [4.78, 5) is 29.7. The summed E-state index contributed by atoms with van der Waals surface area (Å²) in [7, 11) is 1.66. The Morgan fingerprint density at radius 1 is 0.974 bits per heavy atom. The van der Waals surface area contributed by atoms with Crippen LogP contribution in [0.3, 0.4) is 0 Å². The lowest BCUT2D eigenvalue weighted by molar-refractivity contribution is -0.126. The number of carbonyl (C=O) groups excluding carboxylic acids is 2. The molecular formula is C30H35N3O5. The van der Waals surface area contributed by atoms with Crippen LogP contribution >= 0.6 is 0 Å². The third kappa shape index (κ3) is 4.73. The highest BCUT2D eigenvalue weighted by Gasteiger charge is 2.41. The maximum atomic E-state index is 13.1. The number of fused-ring (bicyclic) bond motifs is 1. The molecule has 3 heterocycles. The minimum atomic E-state index is -0.454. The number of carbonyl (C=O) groups is 2. The van der Waals surface area contributed by atoms with E-state index < -0.39 is 6.04 Å². The van der Waals surface area contributed by atoms with Crippen LogP contribution in [0.5, 0.6) is 17.2 Å². The fraction of sp³-hybridized carbons (Fsp3) is 0.467. The van der Waals surface area contributed by atoms with Crippen molar-refractivity contribution in [2.75, 3.05) is 20.2 Å². The summed E-state index contributed by atoms with van der Waals surface area (Å²) in [6.07, 6.45) is 5.98. The van der Waals surface area contributed by atoms with Crippen molar-refractivity contribution in [2.24, 2.45) is 0 Å². The molecular weight excluding hydrogens is 482 g/mol. The van der Waals surface area contributed by atoms with Gasteiger partial charge in [-0.1, -0.05) is 25.1 Å². The van der Waals surface area contributed by atoms with Crippen LogP contribution in [-0.2, 0) is 11.3 Å². The molecule has 3 aliphatic heterocycles. The van der Waals surface area contributed by atoms with E-state index in [0.29, 0.717) is 36.7 Å². The van der Waals surface area contributed by atoms with Crippen LogP contribution in [0.1, 0.15) is 54.4 Å². The normalized spacial score (nSPS) is 26.0. The first-order valence-corrected chi connectivity index (χ1v) is 13.6. The molecule has 38 heavy (non-hydrogen) atoms. The first-order valence-electron chi connectivity index (χ1n) is 13.6. The van der Waals surface area contributed by atoms with Crippen LogP contribution < -0.4 is 19.5 Å². The zero-order valence-electron chi connectivity index (χ0n) is 21.9. The maximum absolute atomic E-state index is 13.1. The first kappa shape index (κ1) is 24.8. The van der Waals surface area contributed by atoms with Gasteiger partial charge in [0.15, 0.2) is 11.5 Å². The van der Waals surface area contributed by atoms with Crippen molar-refractivity contribution in [1.29, 1.82) is 0 Å². The molecule has 0 radical (unpaired) electrons. The van der Waals surface area contributed by atoms with E-state index >= 15 is 0 Å². The van der Waals surface area contributed by atoms with Crippen LogP contribution in [0.15, 0.2) is 54.7 Å². The molecule has 2 aromatic carbocycles. The third-order valence-corrected chi connectivity index (χ3v) is 8.27. The van der Waals surface area contributed by atoms with Crippen molar-refractivity contribution in [3.63, 3.8) is 0 Å². The zero-order chi connectivity index (χ0) is 26.2. The van der Waals surface area contributed by atoms with Gasteiger partial charge < -0.3 is 24.4 Å². The van der Waals surface area contributed by atoms with E-state index in [0.717, 1.165) is 55.2 Å². The van der Waals surface area contributed by atoms with Gasteiger partial charge in [0, 0.05) is 36.9 Å². The Labute approximate surface area is 223 Å². The molecule has 4 aliphatic rings. The van der Waals surface area contributed by atoms with Gasteiger partial charge in [-0.2, -0.15) is 0 Å². The average Bonchev–Trinajstić information content (AvgIpc) is 3.22. The predicted octanol–water partition coefficient (Wildman–Crippen LogP) is 3.90. The smallest absolute Gasteiger partial charge is 0.255 e. The maximum Gasteiger partial charge on any atom is 0.255 e. The third-order valence-electron chi connectivity index (χ3n) is 8.27. The second-order valence-corrected chi connectivity index (χ2v) is 10.8. The fourth-order valence-corrected chi connectivity index (χ4v) is 6.22. The van der Waals surface area contributed by atoms with Crippen molar-refractivity contribution >= 4 is 11.8 Å². The number of hydrogen-bond donors (Lipinski definition) is 1. The summed E-state index contributed by atoms with van der Waals surface area (Å²) in [6, 6.07) is 13.4. The van der Waals surface area contributed by atoms with E-state index in [1.807, 2.05) is 42.5 Å². The number of hydrogen-bond acceptors (Lipinski definition) is 6. The molecule has 1 saturated carbocycles.